The van der Waals surface area contributed by atoms with Gasteiger partial charge < -0.3 is 19.3 Å². The number of ether oxygens (including phenoxy) is 2. The van der Waals surface area contributed by atoms with Gasteiger partial charge in [-0.1, -0.05) is 35.3 Å². The average Bonchev–Trinajstić information content (AvgIpc) is 2.78. The van der Waals surface area contributed by atoms with Crippen LogP contribution in [-0.4, -0.2) is 55.7 Å². The summed E-state index contributed by atoms with van der Waals surface area (Å²) in [5.41, 5.74) is 2.00. The molecule has 1 aliphatic heterocycles. The molecule has 1 aliphatic rings. The van der Waals surface area contributed by atoms with Crippen molar-refractivity contribution in [1.29, 1.82) is 0 Å². The molecule has 1 amide bonds. The number of methoxy groups -OCH3 is 1. The first-order chi connectivity index (χ1) is 15.0. The topological polar surface area (TPSA) is 54.9 Å². The van der Waals surface area contributed by atoms with E-state index in [1.807, 2.05) is 18.2 Å². The van der Waals surface area contributed by atoms with Gasteiger partial charge in [0, 0.05) is 36.6 Å². The molecule has 0 aliphatic carbocycles. The highest BCUT2D eigenvalue weighted by atomic mass is 35.5. The lowest BCUT2D eigenvalue weighted by atomic mass is 10.1. The highest BCUT2D eigenvalue weighted by Crippen LogP contribution is 2.30. The predicted molar refractivity (Wildman–Crippen MR) is 124 cm³/mol. The molecule has 0 bridgehead atoms. The third-order valence-corrected chi connectivity index (χ3v) is 5.95. The van der Waals surface area contributed by atoms with Crippen molar-refractivity contribution in [1.82, 2.24) is 9.88 Å². The van der Waals surface area contributed by atoms with E-state index >= 15 is 0 Å². The molecule has 0 radical (unpaired) electrons. The van der Waals surface area contributed by atoms with Gasteiger partial charge in [0.2, 0.25) is 0 Å². The minimum Gasteiger partial charge on any atom is -0.494 e. The summed E-state index contributed by atoms with van der Waals surface area (Å²) in [6, 6.07) is 13.0. The van der Waals surface area contributed by atoms with E-state index < -0.39 is 0 Å². The second-order valence-electron chi connectivity index (χ2n) is 7.39. The Morgan fingerprint density at radius 2 is 1.84 bits per heavy atom. The molecule has 0 unspecified atom stereocenters. The van der Waals surface area contributed by atoms with Gasteiger partial charge in [-0.05, 0) is 42.8 Å². The van der Waals surface area contributed by atoms with Gasteiger partial charge in [0.05, 0.1) is 12.1 Å². The van der Waals surface area contributed by atoms with Gasteiger partial charge in [-0.3, -0.25) is 4.79 Å². The molecule has 1 fully saturated rings. The van der Waals surface area contributed by atoms with E-state index in [1.54, 1.807) is 30.2 Å². The SMILES string of the molecule is COc1cccc2c(C)cc(N3CCN(C(=O)COc4ccc(Cl)cc4Cl)CC3)nc12. The number of aryl methyl sites for hydroxylation is 1. The molecular weight excluding hydrogens is 437 g/mol. The lowest BCUT2D eigenvalue weighted by Gasteiger charge is -2.35. The minimum atomic E-state index is -0.0741. The number of hydrogen-bond acceptors (Lipinski definition) is 5. The zero-order valence-corrected chi connectivity index (χ0v) is 18.9. The summed E-state index contributed by atoms with van der Waals surface area (Å²) >= 11 is 12.0. The summed E-state index contributed by atoms with van der Waals surface area (Å²) in [7, 11) is 1.65. The van der Waals surface area contributed by atoms with E-state index in [9.17, 15) is 4.79 Å². The summed E-state index contributed by atoms with van der Waals surface area (Å²) in [4.78, 5) is 21.4. The summed E-state index contributed by atoms with van der Waals surface area (Å²) in [5, 5.41) is 1.99. The fourth-order valence-electron chi connectivity index (χ4n) is 3.71. The highest BCUT2D eigenvalue weighted by Gasteiger charge is 2.23. The Kier molecular flexibility index (Phi) is 6.39. The highest BCUT2D eigenvalue weighted by molar-refractivity contribution is 6.35. The average molecular weight is 460 g/mol. The molecule has 31 heavy (non-hydrogen) atoms. The van der Waals surface area contributed by atoms with Crippen molar-refractivity contribution < 1.29 is 14.3 Å². The monoisotopic (exact) mass is 459 g/mol. The summed E-state index contributed by atoms with van der Waals surface area (Å²) in [5.74, 6) is 2.03. The first kappa shape index (κ1) is 21.5. The maximum absolute atomic E-state index is 12.6. The molecular formula is C23H23Cl2N3O3. The molecule has 3 aromatic rings. The van der Waals surface area contributed by atoms with E-state index in [1.165, 1.54) is 0 Å². The van der Waals surface area contributed by atoms with Crippen molar-refractivity contribution in [3.63, 3.8) is 0 Å². The molecule has 1 aromatic heterocycles. The van der Waals surface area contributed by atoms with E-state index in [-0.39, 0.29) is 12.5 Å². The van der Waals surface area contributed by atoms with Gasteiger partial charge >= 0.3 is 0 Å². The van der Waals surface area contributed by atoms with Crippen LogP contribution in [0.2, 0.25) is 10.0 Å². The number of amides is 1. The third kappa shape index (κ3) is 4.65. The van der Waals surface area contributed by atoms with E-state index in [4.69, 9.17) is 37.7 Å². The molecule has 0 spiro atoms. The number of anilines is 1. The van der Waals surface area contributed by atoms with Gasteiger partial charge in [0.25, 0.3) is 5.91 Å². The first-order valence-electron chi connectivity index (χ1n) is 10.0. The molecule has 4 rings (SSSR count). The van der Waals surface area contributed by atoms with Crippen molar-refractivity contribution >= 4 is 45.8 Å². The number of halogens is 2. The Morgan fingerprint density at radius 1 is 1.06 bits per heavy atom. The minimum absolute atomic E-state index is 0.0636. The Hall–Kier alpha value is -2.70. The lowest BCUT2D eigenvalue weighted by Crippen LogP contribution is -2.50. The van der Waals surface area contributed by atoms with Crippen LogP contribution in [0.3, 0.4) is 0 Å². The Bertz CT molecular complexity index is 1110. The first-order valence-corrected chi connectivity index (χ1v) is 10.8. The second-order valence-corrected chi connectivity index (χ2v) is 8.23. The van der Waals surface area contributed by atoms with Crippen LogP contribution in [0.15, 0.2) is 42.5 Å². The van der Waals surface area contributed by atoms with Crippen molar-refractivity contribution in [2.75, 3.05) is 44.8 Å². The predicted octanol–water partition coefficient (Wildman–Crippen LogP) is 4.59. The summed E-state index contributed by atoms with van der Waals surface area (Å²) in [6.07, 6.45) is 0. The molecule has 0 atom stereocenters. The van der Waals surface area contributed by atoms with Crippen LogP contribution in [0.1, 0.15) is 5.56 Å². The lowest BCUT2D eigenvalue weighted by molar-refractivity contribution is -0.133. The van der Waals surface area contributed by atoms with E-state index in [2.05, 4.69) is 17.9 Å². The molecule has 8 heteroatoms. The standard InChI is InChI=1S/C23H23Cl2N3O3/c1-15-12-21(26-23-17(15)4-3-5-20(23)30-2)27-8-10-28(11-9-27)22(29)14-31-19-7-6-16(24)13-18(19)25/h3-7,12-13H,8-11,14H2,1-2H3. The number of aromatic nitrogens is 1. The molecule has 2 heterocycles. The number of carbonyl (C=O) groups is 1. The zero-order chi connectivity index (χ0) is 22.0. The van der Waals surface area contributed by atoms with Gasteiger partial charge in [0.1, 0.15) is 22.8 Å². The van der Waals surface area contributed by atoms with Gasteiger partial charge in [-0.2, -0.15) is 0 Å². The molecule has 0 saturated carbocycles. The molecule has 0 N–H and O–H groups in total. The van der Waals surface area contributed by atoms with Crippen LogP contribution in [0.5, 0.6) is 11.5 Å². The summed E-state index contributed by atoms with van der Waals surface area (Å²) in [6.45, 7) is 4.60. The molecule has 2 aromatic carbocycles. The Labute approximate surface area is 191 Å². The van der Waals surface area contributed by atoms with Crippen molar-refractivity contribution in [2.45, 2.75) is 6.92 Å². The molecule has 6 nitrogen and oxygen atoms in total. The largest absolute Gasteiger partial charge is 0.494 e. The smallest absolute Gasteiger partial charge is 0.260 e. The van der Waals surface area contributed by atoms with Crippen LogP contribution >= 0.6 is 23.2 Å². The number of pyridine rings is 1. The van der Waals surface area contributed by atoms with Crippen LogP contribution in [0.4, 0.5) is 5.82 Å². The van der Waals surface area contributed by atoms with Gasteiger partial charge in [0.15, 0.2) is 6.61 Å². The number of nitrogens with zero attached hydrogens (tertiary/aromatic N) is 3. The Balaban J connectivity index is 1.40. The van der Waals surface area contributed by atoms with Crippen LogP contribution in [-0.2, 0) is 4.79 Å². The van der Waals surface area contributed by atoms with Crippen LogP contribution < -0.4 is 14.4 Å². The number of piperazine rings is 1. The zero-order valence-electron chi connectivity index (χ0n) is 17.4. The fraction of sp³-hybridized carbons (Fsp3) is 0.304. The normalized spacial score (nSPS) is 14.1. The summed E-state index contributed by atoms with van der Waals surface area (Å²) < 4.78 is 11.1. The van der Waals surface area contributed by atoms with Crippen molar-refractivity contribution in [3.05, 3.63) is 58.1 Å². The number of fused-ring (bicyclic) bond motifs is 1. The third-order valence-electron chi connectivity index (χ3n) is 5.42. The van der Waals surface area contributed by atoms with Crippen molar-refractivity contribution in [2.24, 2.45) is 0 Å². The molecule has 162 valence electrons. The number of rotatable bonds is 5. The fourth-order valence-corrected chi connectivity index (χ4v) is 4.17. The maximum atomic E-state index is 12.6. The number of benzene rings is 2. The Morgan fingerprint density at radius 3 is 2.55 bits per heavy atom. The quantitative estimate of drug-likeness (QED) is 0.558. The van der Waals surface area contributed by atoms with Crippen LogP contribution in [0, 0.1) is 6.92 Å². The number of hydrogen-bond donors (Lipinski definition) is 0. The second kappa shape index (κ2) is 9.20. The van der Waals surface area contributed by atoms with E-state index in [0.717, 1.165) is 28.0 Å². The van der Waals surface area contributed by atoms with Crippen molar-refractivity contribution in [3.8, 4) is 11.5 Å². The maximum Gasteiger partial charge on any atom is 0.260 e. The number of carbonyl (C=O) groups excluding carboxylic acids is 1. The number of para-hydroxylation sites is 1. The van der Waals surface area contributed by atoms with Crippen LogP contribution in [0.25, 0.3) is 10.9 Å². The van der Waals surface area contributed by atoms with E-state index in [0.29, 0.717) is 42.0 Å². The molecule has 1 saturated heterocycles. The van der Waals surface area contributed by atoms with Gasteiger partial charge in [-0.25, -0.2) is 4.98 Å². The van der Waals surface area contributed by atoms with Gasteiger partial charge in [-0.15, -0.1) is 0 Å².